The van der Waals surface area contributed by atoms with Crippen molar-refractivity contribution in [2.45, 2.75) is 19.3 Å². The predicted octanol–water partition coefficient (Wildman–Crippen LogP) is 5.49. The highest BCUT2D eigenvalue weighted by Gasteiger charge is 2.08. The van der Waals surface area contributed by atoms with E-state index in [1.165, 1.54) is 0 Å². The van der Waals surface area contributed by atoms with E-state index in [2.05, 4.69) is 23.7 Å². The first kappa shape index (κ1) is 18.2. The van der Waals surface area contributed by atoms with Gasteiger partial charge in [0.1, 0.15) is 0 Å². The monoisotopic (exact) mass is 348 g/mol. The van der Waals surface area contributed by atoms with E-state index < -0.39 is 0 Å². The maximum atomic E-state index is 12.6. The number of Topliss-reactive ketones (excluding diaryl/α,β-unsaturated/α-hetero) is 1. The van der Waals surface area contributed by atoms with E-state index in [1.54, 1.807) is 0 Å². The highest BCUT2D eigenvalue weighted by atomic mass is 16.1. The number of rotatable bonds is 4. The van der Waals surface area contributed by atoms with Crippen molar-refractivity contribution >= 4 is 5.78 Å². The standard InChI is InChI=1S/C26H20O/c27-26(19-9-3-8-14-22-12-4-1-5-13-22)25-18-11-10-17-24(25)21-20-23-15-6-2-7-16-23/h1-2,4-7,10-13,15-18H,3,9,19H2. The Balaban J connectivity index is 1.61. The van der Waals surface area contributed by atoms with Crippen LogP contribution >= 0.6 is 0 Å². The molecule has 130 valence electrons. The first-order chi connectivity index (χ1) is 13.3. The molecule has 0 aliphatic rings. The fourth-order valence-corrected chi connectivity index (χ4v) is 2.65. The van der Waals surface area contributed by atoms with E-state index in [-0.39, 0.29) is 5.78 Å². The third-order valence-electron chi connectivity index (χ3n) is 4.05. The van der Waals surface area contributed by atoms with Gasteiger partial charge in [0.05, 0.1) is 0 Å². The van der Waals surface area contributed by atoms with Gasteiger partial charge in [-0.25, -0.2) is 0 Å². The van der Waals surface area contributed by atoms with Crippen LogP contribution in [-0.4, -0.2) is 5.78 Å². The Bertz CT molecular complexity index is 1010. The third-order valence-corrected chi connectivity index (χ3v) is 4.05. The van der Waals surface area contributed by atoms with Crippen molar-refractivity contribution in [2.75, 3.05) is 0 Å². The number of ketones is 1. The lowest BCUT2D eigenvalue weighted by atomic mass is 10.00. The minimum Gasteiger partial charge on any atom is -0.294 e. The second kappa shape index (κ2) is 9.81. The van der Waals surface area contributed by atoms with Gasteiger partial charge in [0.15, 0.2) is 5.78 Å². The summed E-state index contributed by atoms with van der Waals surface area (Å²) < 4.78 is 0. The largest absolute Gasteiger partial charge is 0.294 e. The van der Waals surface area contributed by atoms with Crippen LogP contribution in [0.5, 0.6) is 0 Å². The lowest BCUT2D eigenvalue weighted by Gasteiger charge is -2.02. The minimum absolute atomic E-state index is 0.120. The Morgan fingerprint density at radius 1 is 0.667 bits per heavy atom. The Morgan fingerprint density at radius 2 is 1.26 bits per heavy atom. The Kier molecular flexibility index (Phi) is 6.63. The number of hydrogen-bond acceptors (Lipinski definition) is 1. The summed E-state index contributed by atoms with van der Waals surface area (Å²) in [6, 6.07) is 27.2. The van der Waals surface area contributed by atoms with Gasteiger partial charge in [-0.2, -0.15) is 0 Å². The molecule has 0 aliphatic heterocycles. The smallest absolute Gasteiger partial charge is 0.164 e. The van der Waals surface area contributed by atoms with Crippen LogP contribution < -0.4 is 0 Å². The van der Waals surface area contributed by atoms with Crippen LogP contribution in [0.3, 0.4) is 0 Å². The zero-order valence-electron chi connectivity index (χ0n) is 15.1. The van der Waals surface area contributed by atoms with Crippen molar-refractivity contribution in [1.82, 2.24) is 0 Å². The lowest BCUT2D eigenvalue weighted by Crippen LogP contribution is -2.01. The topological polar surface area (TPSA) is 17.1 Å². The Hall–Kier alpha value is -3.55. The molecule has 1 nitrogen and oxygen atoms in total. The SMILES string of the molecule is O=C(CCCC#Cc1ccccc1)c1ccccc1C#Cc1ccccc1. The van der Waals surface area contributed by atoms with Crippen molar-refractivity contribution < 1.29 is 4.79 Å². The fraction of sp³-hybridized carbons (Fsp3) is 0.115. The molecule has 0 fully saturated rings. The molecule has 27 heavy (non-hydrogen) atoms. The van der Waals surface area contributed by atoms with Crippen molar-refractivity contribution in [3.63, 3.8) is 0 Å². The van der Waals surface area contributed by atoms with Gasteiger partial charge in [-0.1, -0.05) is 78.3 Å². The number of unbranched alkanes of at least 4 members (excludes halogenated alkanes) is 1. The summed E-state index contributed by atoms with van der Waals surface area (Å²) in [6.07, 6.45) is 1.94. The summed E-state index contributed by atoms with van der Waals surface area (Å²) in [7, 11) is 0. The van der Waals surface area contributed by atoms with Gasteiger partial charge in [0.25, 0.3) is 0 Å². The molecule has 1 heteroatoms. The van der Waals surface area contributed by atoms with Crippen LogP contribution in [0.15, 0.2) is 84.9 Å². The molecular weight excluding hydrogens is 328 g/mol. The van der Waals surface area contributed by atoms with Crippen LogP contribution in [0.2, 0.25) is 0 Å². The van der Waals surface area contributed by atoms with Gasteiger partial charge < -0.3 is 0 Å². The van der Waals surface area contributed by atoms with E-state index in [0.717, 1.165) is 23.1 Å². The van der Waals surface area contributed by atoms with Crippen LogP contribution in [-0.2, 0) is 0 Å². The fourth-order valence-electron chi connectivity index (χ4n) is 2.65. The quantitative estimate of drug-likeness (QED) is 0.346. The molecule has 0 unspecified atom stereocenters. The Morgan fingerprint density at radius 3 is 1.96 bits per heavy atom. The van der Waals surface area contributed by atoms with Crippen molar-refractivity contribution in [3.05, 3.63) is 107 Å². The summed E-state index contributed by atoms with van der Waals surface area (Å²) in [4.78, 5) is 12.6. The van der Waals surface area contributed by atoms with Gasteiger partial charge in [0, 0.05) is 35.1 Å². The second-order valence-corrected chi connectivity index (χ2v) is 6.11. The molecule has 0 heterocycles. The van der Waals surface area contributed by atoms with Gasteiger partial charge in [-0.15, -0.1) is 0 Å². The average molecular weight is 348 g/mol. The van der Waals surface area contributed by atoms with E-state index in [0.29, 0.717) is 18.4 Å². The molecule has 0 radical (unpaired) electrons. The van der Waals surface area contributed by atoms with E-state index in [1.807, 2.05) is 84.9 Å². The summed E-state index contributed by atoms with van der Waals surface area (Å²) in [5, 5.41) is 0. The lowest BCUT2D eigenvalue weighted by molar-refractivity contribution is 0.0980. The van der Waals surface area contributed by atoms with E-state index in [4.69, 9.17) is 0 Å². The summed E-state index contributed by atoms with van der Waals surface area (Å²) in [5.41, 5.74) is 3.42. The number of benzene rings is 3. The minimum atomic E-state index is 0.120. The molecular formula is C26H20O. The van der Waals surface area contributed by atoms with Crippen LogP contribution in [0.25, 0.3) is 0 Å². The molecule has 3 aromatic rings. The van der Waals surface area contributed by atoms with Crippen LogP contribution in [0, 0.1) is 23.7 Å². The molecule has 3 aromatic carbocycles. The Labute approximate surface area is 161 Å². The zero-order valence-corrected chi connectivity index (χ0v) is 15.1. The molecule has 0 aliphatic carbocycles. The first-order valence-electron chi connectivity index (χ1n) is 9.06. The van der Waals surface area contributed by atoms with Crippen molar-refractivity contribution in [3.8, 4) is 23.7 Å². The molecule has 3 rings (SSSR count). The van der Waals surface area contributed by atoms with Gasteiger partial charge in [-0.3, -0.25) is 4.79 Å². The molecule has 0 saturated carbocycles. The molecule has 0 aromatic heterocycles. The highest BCUT2D eigenvalue weighted by Crippen LogP contribution is 2.12. The maximum absolute atomic E-state index is 12.6. The number of hydrogen-bond donors (Lipinski definition) is 0. The molecule has 0 spiro atoms. The summed E-state index contributed by atoms with van der Waals surface area (Å²) in [5.74, 6) is 12.6. The molecule has 0 bridgehead atoms. The van der Waals surface area contributed by atoms with E-state index in [9.17, 15) is 4.79 Å². The number of carbonyl (C=O) groups is 1. The van der Waals surface area contributed by atoms with Gasteiger partial charge >= 0.3 is 0 Å². The molecule has 0 amide bonds. The van der Waals surface area contributed by atoms with Gasteiger partial charge in [-0.05, 0) is 36.8 Å². The zero-order chi connectivity index (χ0) is 18.7. The average Bonchev–Trinajstić information content (AvgIpc) is 2.73. The summed E-state index contributed by atoms with van der Waals surface area (Å²) >= 11 is 0. The maximum Gasteiger partial charge on any atom is 0.164 e. The van der Waals surface area contributed by atoms with Gasteiger partial charge in [0.2, 0.25) is 0 Å². The highest BCUT2D eigenvalue weighted by molar-refractivity contribution is 5.98. The first-order valence-corrected chi connectivity index (χ1v) is 9.06. The second-order valence-electron chi connectivity index (χ2n) is 6.11. The van der Waals surface area contributed by atoms with E-state index >= 15 is 0 Å². The molecule has 0 atom stereocenters. The normalized spacial score (nSPS) is 9.48. The van der Waals surface area contributed by atoms with Crippen LogP contribution in [0.4, 0.5) is 0 Å². The number of carbonyl (C=O) groups excluding carboxylic acids is 1. The van der Waals surface area contributed by atoms with Crippen LogP contribution in [0.1, 0.15) is 46.3 Å². The van der Waals surface area contributed by atoms with Crippen molar-refractivity contribution in [2.24, 2.45) is 0 Å². The molecule has 0 saturated heterocycles. The van der Waals surface area contributed by atoms with Crippen molar-refractivity contribution in [1.29, 1.82) is 0 Å². The predicted molar refractivity (Wildman–Crippen MR) is 110 cm³/mol. The summed E-state index contributed by atoms with van der Waals surface area (Å²) in [6.45, 7) is 0. The third kappa shape index (κ3) is 5.74. The molecule has 0 N–H and O–H groups in total.